The fraction of sp³-hybridized carbons (Fsp3) is 0.462. The maximum atomic E-state index is 11.8. The molecule has 2 aromatic heterocycles. The summed E-state index contributed by atoms with van der Waals surface area (Å²) in [7, 11) is 2.03. The largest absolute Gasteiger partial charge is 0.309 e. The van der Waals surface area contributed by atoms with Crippen molar-refractivity contribution in [1.29, 1.82) is 0 Å². The van der Waals surface area contributed by atoms with E-state index in [1.807, 2.05) is 17.8 Å². The van der Waals surface area contributed by atoms with E-state index in [0.29, 0.717) is 12.4 Å². The molecular weight excluding hydrogens is 412 g/mol. The molecule has 0 spiro atoms. The highest BCUT2D eigenvalue weighted by Crippen LogP contribution is 2.38. The first-order valence-electron chi connectivity index (χ1n) is 11.4. The molecular formula is C26H35N6O+. The molecule has 33 heavy (non-hydrogen) atoms. The van der Waals surface area contributed by atoms with Gasteiger partial charge in [-0.3, -0.25) is 9.89 Å². The van der Waals surface area contributed by atoms with Crippen LogP contribution in [-0.2, 0) is 29.2 Å². The van der Waals surface area contributed by atoms with E-state index in [1.165, 1.54) is 23.6 Å². The number of hydrogen-bond acceptors (Lipinski definition) is 3. The molecule has 7 heteroatoms. The van der Waals surface area contributed by atoms with Gasteiger partial charge in [-0.05, 0) is 48.1 Å². The number of nitrogens with zero attached hydrogens (tertiary/aromatic N) is 4. The van der Waals surface area contributed by atoms with Gasteiger partial charge < -0.3 is 5.32 Å². The molecule has 2 N–H and O–H groups in total. The smallest absolute Gasteiger partial charge is 0.222 e. The molecule has 0 saturated carbocycles. The predicted octanol–water partition coefficient (Wildman–Crippen LogP) is 4.59. The Bertz CT molecular complexity index is 1380. The van der Waals surface area contributed by atoms with Crippen LogP contribution in [0.15, 0.2) is 24.3 Å². The zero-order valence-corrected chi connectivity index (χ0v) is 21.2. The number of aromatic amines is 1. The van der Waals surface area contributed by atoms with E-state index >= 15 is 0 Å². The summed E-state index contributed by atoms with van der Waals surface area (Å²) in [5.41, 5.74) is 7.87. The van der Waals surface area contributed by atoms with Crippen LogP contribution in [0.5, 0.6) is 0 Å². The van der Waals surface area contributed by atoms with Gasteiger partial charge in [0, 0.05) is 23.3 Å². The number of aromatic nitrogens is 5. The molecule has 4 aromatic rings. The second-order valence-electron chi connectivity index (χ2n) is 10.9. The summed E-state index contributed by atoms with van der Waals surface area (Å²) in [6.45, 7) is 17.7. The SMILES string of the molecule is CC(=O)Nc1n[nH]c2ccc(C)c(C(C)(C)Cn3n[n+](C)c4c(C(C)(C)C)c(C)ccc43)c12. The van der Waals surface area contributed by atoms with Crippen molar-refractivity contribution >= 4 is 33.7 Å². The van der Waals surface area contributed by atoms with Gasteiger partial charge in [-0.15, -0.1) is 9.36 Å². The topological polar surface area (TPSA) is 79.5 Å². The number of benzene rings is 2. The van der Waals surface area contributed by atoms with Crippen LogP contribution in [0.4, 0.5) is 5.82 Å². The highest BCUT2D eigenvalue weighted by molar-refractivity contribution is 6.01. The molecule has 0 atom stereocenters. The van der Waals surface area contributed by atoms with Crippen molar-refractivity contribution in [3.05, 3.63) is 46.5 Å². The van der Waals surface area contributed by atoms with Crippen LogP contribution in [0.1, 0.15) is 63.8 Å². The van der Waals surface area contributed by atoms with Crippen molar-refractivity contribution in [3.8, 4) is 0 Å². The Hall–Kier alpha value is -3.22. The van der Waals surface area contributed by atoms with E-state index in [9.17, 15) is 4.79 Å². The highest BCUT2D eigenvalue weighted by Gasteiger charge is 2.34. The quantitative estimate of drug-likeness (QED) is 0.449. The Labute approximate surface area is 195 Å². The molecule has 2 aromatic carbocycles. The maximum Gasteiger partial charge on any atom is 0.222 e. The van der Waals surface area contributed by atoms with Gasteiger partial charge in [0.25, 0.3) is 0 Å². The van der Waals surface area contributed by atoms with Gasteiger partial charge in [-0.2, -0.15) is 5.10 Å². The fourth-order valence-corrected chi connectivity index (χ4v) is 5.34. The first kappa shape index (κ1) is 23.0. The third-order valence-electron chi connectivity index (χ3n) is 6.41. The third-order valence-corrected chi connectivity index (χ3v) is 6.41. The van der Waals surface area contributed by atoms with Crippen LogP contribution in [0.3, 0.4) is 0 Å². The van der Waals surface area contributed by atoms with Crippen LogP contribution >= 0.6 is 0 Å². The number of fused-ring (bicyclic) bond motifs is 2. The lowest BCUT2D eigenvalue weighted by Crippen LogP contribution is -2.35. The summed E-state index contributed by atoms with van der Waals surface area (Å²) in [6, 6.07) is 8.50. The molecule has 174 valence electrons. The molecule has 0 fully saturated rings. The minimum atomic E-state index is -0.278. The average molecular weight is 448 g/mol. The molecule has 0 aliphatic carbocycles. The number of aryl methyl sites for hydroxylation is 3. The van der Waals surface area contributed by atoms with Gasteiger partial charge in [0.2, 0.25) is 11.4 Å². The summed E-state index contributed by atoms with van der Waals surface area (Å²) in [5.74, 6) is 0.439. The first-order chi connectivity index (χ1) is 15.3. The lowest BCUT2D eigenvalue weighted by atomic mass is 9.79. The highest BCUT2D eigenvalue weighted by atomic mass is 16.1. The Balaban J connectivity index is 1.89. The minimum absolute atomic E-state index is 0.0109. The Morgan fingerprint density at radius 2 is 1.70 bits per heavy atom. The molecule has 1 amide bonds. The average Bonchev–Trinajstić information content (AvgIpc) is 3.20. The van der Waals surface area contributed by atoms with E-state index in [2.05, 4.69) is 86.9 Å². The van der Waals surface area contributed by atoms with Crippen LogP contribution in [0.2, 0.25) is 0 Å². The van der Waals surface area contributed by atoms with E-state index in [1.54, 1.807) is 0 Å². The number of carbonyl (C=O) groups excluding carboxylic acids is 1. The number of anilines is 1. The van der Waals surface area contributed by atoms with Crippen molar-refractivity contribution in [2.75, 3.05) is 5.32 Å². The van der Waals surface area contributed by atoms with E-state index < -0.39 is 0 Å². The van der Waals surface area contributed by atoms with Gasteiger partial charge in [-0.1, -0.05) is 46.8 Å². The lowest BCUT2D eigenvalue weighted by molar-refractivity contribution is -0.709. The number of carbonyl (C=O) groups is 1. The summed E-state index contributed by atoms with van der Waals surface area (Å²) in [4.78, 5) is 11.8. The van der Waals surface area contributed by atoms with Gasteiger partial charge in [0.1, 0.15) is 13.6 Å². The number of H-pyrrole nitrogens is 1. The first-order valence-corrected chi connectivity index (χ1v) is 11.4. The molecule has 0 bridgehead atoms. The van der Waals surface area contributed by atoms with Crippen LogP contribution in [0, 0.1) is 13.8 Å². The number of rotatable bonds is 4. The monoisotopic (exact) mass is 447 g/mol. The number of hydrogen-bond donors (Lipinski definition) is 2. The Morgan fingerprint density at radius 3 is 2.33 bits per heavy atom. The van der Waals surface area contributed by atoms with Gasteiger partial charge in [0.15, 0.2) is 11.3 Å². The summed E-state index contributed by atoms with van der Waals surface area (Å²) in [5, 5.41) is 16.2. The van der Waals surface area contributed by atoms with Crippen LogP contribution in [-0.4, -0.2) is 26.0 Å². The molecule has 0 saturated heterocycles. The van der Waals surface area contributed by atoms with E-state index in [-0.39, 0.29) is 16.7 Å². The molecule has 4 rings (SSSR count). The molecule has 0 radical (unpaired) electrons. The predicted molar refractivity (Wildman–Crippen MR) is 133 cm³/mol. The molecule has 2 heterocycles. The normalized spacial score (nSPS) is 12.6. The van der Waals surface area contributed by atoms with E-state index in [4.69, 9.17) is 5.21 Å². The van der Waals surface area contributed by atoms with Gasteiger partial charge in [-0.25, -0.2) is 0 Å². The second kappa shape index (κ2) is 7.68. The molecule has 0 aliphatic heterocycles. The van der Waals surface area contributed by atoms with Gasteiger partial charge >= 0.3 is 0 Å². The molecule has 0 unspecified atom stereocenters. The fourth-order valence-electron chi connectivity index (χ4n) is 5.34. The lowest BCUT2D eigenvalue weighted by Gasteiger charge is -2.26. The number of amides is 1. The van der Waals surface area contributed by atoms with Crippen LogP contribution < -0.4 is 10.00 Å². The van der Waals surface area contributed by atoms with Crippen molar-refractivity contribution in [3.63, 3.8) is 0 Å². The minimum Gasteiger partial charge on any atom is -0.309 e. The molecule has 7 nitrogen and oxygen atoms in total. The zero-order chi connectivity index (χ0) is 24.3. The standard InChI is InChI=1S/C26H34N6O/c1-15-10-12-18-20(24(29-28-18)27-17(3)33)21(15)26(7,8)14-32-19-13-11-16(2)22(25(4,5)6)23(19)31(9)30-32/h10-13,30H,14H2,1-9H3/p+1. The van der Waals surface area contributed by atoms with E-state index in [0.717, 1.165) is 27.5 Å². The summed E-state index contributed by atoms with van der Waals surface area (Å²) < 4.78 is 4.12. The van der Waals surface area contributed by atoms with Crippen molar-refractivity contribution in [2.24, 2.45) is 7.05 Å². The summed E-state index contributed by atoms with van der Waals surface area (Å²) in [6.07, 6.45) is 0. The zero-order valence-electron chi connectivity index (χ0n) is 21.2. The van der Waals surface area contributed by atoms with Crippen molar-refractivity contribution in [2.45, 2.75) is 72.8 Å². The third kappa shape index (κ3) is 3.90. The Kier molecular flexibility index (Phi) is 5.34. The summed E-state index contributed by atoms with van der Waals surface area (Å²) >= 11 is 0. The maximum absolute atomic E-state index is 11.8. The Morgan fingerprint density at radius 1 is 1.06 bits per heavy atom. The second-order valence-corrected chi connectivity index (χ2v) is 10.9. The molecule has 0 aliphatic rings. The van der Waals surface area contributed by atoms with Crippen molar-refractivity contribution in [1.82, 2.24) is 20.1 Å². The van der Waals surface area contributed by atoms with Gasteiger partial charge in [0.05, 0.1) is 10.7 Å². The van der Waals surface area contributed by atoms with Crippen LogP contribution in [0.25, 0.3) is 21.9 Å². The number of nitrogens with one attached hydrogen (secondary N) is 2. The van der Waals surface area contributed by atoms with Crippen molar-refractivity contribution < 1.29 is 9.48 Å².